The molecule has 2 aromatic carbocycles. The van der Waals surface area contributed by atoms with E-state index in [2.05, 4.69) is 16.4 Å². The topological polar surface area (TPSA) is 66.9 Å². The fourth-order valence-electron chi connectivity index (χ4n) is 3.06. The van der Waals surface area contributed by atoms with E-state index in [0.717, 1.165) is 17.1 Å². The first-order valence-electron chi connectivity index (χ1n) is 8.64. The zero-order chi connectivity index (χ0) is 18.8. The molecule has 5 nitrogen and oxygen atoms in total. The summed E-state index contributed by atoms with van der Waals surface area (Å²) in [4.78, 5) is 27.1. The van der Waals surface area contributed by atoms with E-state index in [0.29, 0.717) is 10.1 Å². The summed E-state index contributed by atoms with van der Waals surface area (Å²) >= 11 is 3.88. The molecule has 7 heteroatoms. The lowest BCUT2D eigenvalue weighted by atomic mass is 10.1. The van der Waals surface area contributed by atoms with Crippen LogP contribution in [-0.2, 0) is 0 Å². The van der Waals surface area contributed by atoms with Crippen LogP contribution in [0.5, 0.6) is 0 Å². The van der Waals surface area contributed by atoms with Gasteiger partial charge in [-0.15, -0.1) is 23.5 Å². The zero-order valence-corrected chi connectivity index (χ0v) is 16.4. The van der Waals surface area contributed by atoms with Gasteiger partial charge >= 0.3 is 5.69 Å². The van der Waals surface area contributed by atoms with Crippen molar-refractivity contribution >= 4 is 35.1 Å². The maximum Gasteiger partial charge on any atom is 0.330 e. The monoisotopic (exact) mass is 397 g/mol. The summed E-state index contributed by atoms with van der Waals surface area (Å²) in [5.74, 6) is 2.17. The standard InChI is InChI=1S/C20H19N3O2S2/c1-13-12-21-20(25)23(13)17-7-5-14(6-8-17)18(24)22-16-4-2-3-15(11-16)19-26-9-10-27-19/h2-8,11-12,19H,9-10H2,1H3,(H,21,25)(H,22,24). The lowest BCUT2D eigenvalue weighted by Crippen LogP contribution is -2.16. The number of rotatable bonds is 4. The van der Waals surface area contributed by atoms with Gasteiger partial charge in [0.2, 0.25) is 0 Å². The SMILES string of the molecule is Cc1c[nH]c(=O)n1-c1ccc(C(=O)Nc2cccc(C3SCCS3)c2)cc1. The van der Waals surface area contributed by atoms with Gasteiger partial charge in [0.1, 0.15) is 0 Å². The third-order valence-corrected chi connectivity index (χ3v) is 7.49. The maximum absolute atomic E-state index is 12.6. The van der Waals surface area contributed by atoms with Crippen LogP contribution < -0.4 is 11.0 Å². The van der Waals surface area contributed by atoms with Crippen molar-refractivity contribution in [3.63, 3.8) is 0 Å². The molecule has 3 aromatic rings. The molecule has 1 fully saturated rings. The Labute approximate surface area is 165 Å². The molecule has 0 saturated carbocycles. The van der Waals surface area contributed by atoms with Gasteiger partial charge in [-0.2, -0.15) is 0 Å². The van der Waals surface area contributed by atoms with Crippen molar-refractivity contribution in [1.82, 2.24) is 9.55 Å². The van der Waals surface area contributed by atoms with Gasteiger partial charge in [0, 0.05) is 34.6 Å². The molecule has 0 aliphatic carbocycles. The number of thioether (sulfide) groups is 2. The summed E-state index contributed by atoms with van der Waals surface area (Å²) in [5.41, 5.74) is 3.94. The third kappa shape index (κ3) is 3.84. The van der Waals surface area contributed by atoms with Crippen molar-refractivity contribution in [3.05, 3.63) is 82.0 Å². The molecule has 0 spiro atoms. The number of carbonyl (C=O) groups excluding carboxylic acids is 1. The average Bonchev–Trinajstić information content (AvgIpc) is 3.32. The second kappa shape index (κ2) is 7.70. The molecule has 1 aliphatic rings. The van der Waals surface area contributed by atoms with Gasteiger partial charge < -0.3 is 10.3 Å². The summed E-state index contributed by atoms with van der Waals surface area (Å²) in [5, 5.41) is 2.97. The molecule has 0 atom stereocenters. The van der Waals surface area contributed by atoms with E-state index in [1.807, 2.05) is 48.6 Å². The quantitative estimate of drug-likeness (QED) is 0.692. The minimum absolute atomic E-state index is 0.163. The van der Waals surface area contributed by atoms with Crippen LogP contribution in [0.1, 0.15) is 26.2 Å². The normalized spacial score (nSPS) is 14.4. The second-order valence-electron chi connectivity index (χ2n) is 6.27. The lowest BCUT2D eigenvalue weighted by Gasteiger charge is -2.11. The van der Waals surface area contributed by atoms with Gasteiger partial charge in [-0.25, -0.2) is 4.79 Å². The maximum atomic E-state index is 12.6. The first kappa shape index (κ1) is 18.0. The minimum atomic E-state index is -0.191. The Morgan fingerprint density at radius 1 is 1.15 bits per heavy atom. The molecule has 4 rings (SSSR count). The highest BCUT2D eigenvalue weighted by atomic mass is 32.2. The van der Waals surface area contributed by atoms with E-state index in [9.17, 15) is 9.59 Å². The fourth-order valence-corrected chi connectivity index (χ4v) is 5.89. The summed E-state index contributed by atoms with van der Waals surface area (Å²) in [7, 11) is 0. The first-order chi connectivity index (χ1) is 13.1. The van der Waals surface area contributed by atoms with Crippen LogP contribution in [-0.4, -0.2) is 27.0 Å². The van der Waals surface area contributed by atoms with E-state index in [4.69, 9.17) is 0 Å². The number of nitrogens with one attached hydrogen (secondary N) is 2. The Balaban J connectivity index is 1.50. The Hall–Kier alpha value is -2.38. The molecule has 0 unspecified atom stereocenters. The largest absolute Gasteiger partial charge is 0.330 e. The van der Waals surface area contributed by atoms with E-state index in [1.54, 1.807) is 35.0 Å². The highest BCUT2D eigenvalue weighted by Crippen LogP contribution is 2.45. The number of amides is 1. The highest BCUT2D eigenvalue weighted by Gasteiger charge is 2.18. The van der Waals surface area contributed by atoms with Crippen LogP contribution in [0.3, 0.4) is 0 Å². The molecular weight excluding hydrogens is 378 g/mol. The van der Waals surface area contributed by atoms with Crippen LogP contribution in [0, 0.1) is 6.92 Å². The van der Waals surface area contributed by atoms with Crippen molar-refractivity contribution in [2.24, 2.45) is 0 Å². The van der Waals surface area contributed by atoms with Gasteiger partial charge in [0.25, 0.3) is 5.91 Å². The summed E-state index contributed by atoms with van der Waals surface area (Å²) < 4.78 is 2.02. The number of aromatic nitrogens is 2. The Bertz CT molecular complexity index is 1020. The minimum Gasteiger partial charge on any atom is -0.322 e. The lowest BCUT2D eigenvalue weighted by molar-refractivity contribution is 0.102. The first-order valence-corrected chi connectivity index (χ1v) is 10.7. The van der Waals surface area contributed by atoms with Crippen molar-refractivity contribution in [2.45, 2.75) is 11.5 Å². The smallest absolute Gasteiger partial charge is 0.322 e. The van der Waals surface area contributed by atoms with Crippen LogP contribution in [0.2, 0.25) is 0 Å². The molecule has 1 amide bonds. The Kier molecular flexibility index (Phi) is 5.13. The van der Waals surface area contributed by atoms with Gasteiger partial charge in [-0.1, -0.05) is 12.1 Å². The van der Waals surface area contributed by atoms with Crippen molar-refractivity contribution in [1.29, 1.82) is 0 Å². The van der Waals surface area contributed by atoms with Crippen molar-refractivity contribution < 1.29 is 4.79 Å². The number of carbonyl (C=O) groups is 1. The van der Waals surface area contributed by atoms with Crippen LogP contribution in [0.4, 0.5) is 5.69 Å². The Morgan fingerprint density at radius 2 is 1.89 bits per heavy atom. The molecule has 1 aliphatic heterocycles. The molecule has 0 bridgehead atoms. The van der Waals surface area contributed by atoms with Crippen LogP contribution >= 0.6 is 23.5 Å². The molecule has 2 heterocycles. The number of benzene rings is 2. The third-order valence-electron chi connectivity index (χ3n) is 4.39. The van der Waals surface area contributed by atoms with E-state index in [-0.39, 0.29) is 11.6 Å². The molecule has 0 radical (unpaired) electrons. The van der Waals surface area contributed by atoms with Crippen molar-refractivity contribution in [2.75, 3.05) is 16.8 Å². The molecule has 1 saturated heterocycles. The van der Waals surface area contributed by atoms with Crippen LogP contribution in [0.15, 0.2) is 59.5 Å². The summed E-state index contributed by atoms with van der Waals surface area (Å²) in [6.07, 6.45) is 1.66. The van der Waals surface area contributed by atoms with Gasteiger partial charge in [0.15, 0.2) is 0 Å². The fraction of sp³-hybridized carbons (Fsp3) is 0.200. The predicted octanol–water partition coefficient (Wildman–Crippen LogP) is 4.20. The van der Waals surface area contributed by atoms with E-state index in [1.165, 1.54) is 17.1 Å². The number of hydrogen-bond donors (Lipinski definition) is 2. The number of H-pyrrole nitrogens is 1. The summed E-state index contributed by atoms with van der Waals surface area (Å²) in [6, 6.07) is 15.1. The molecule has 138 valence electrons. The van der Waals surface area contributed by atoms with E-state index < -0.39 is 0 Å². The van der Waals surface area contributed by atoms with Gasteiger partial charge in [0.05, 0.1) is 10.3 Å². The number of imidazole rings is 1. The highest BCUT2D eigenvalue weighted by molar-refractivity contribution is 8.19. The van der Waals surface area contributed by atoms with Crippen molar-refractivity contribution in [3.8, 4) is 5.69 Å². The Morgan fingerprint density at radius 3 is 2.56 bits per heavy atom. The zero-order valence-electron chi connectivity index (χ0n) is 14.8. The van der Waals surface area contributed by atoms with E-state index >= 15 is 0 Å². The molecule has 2 N–H and O–H groups in total. The molecular formula is C20H19N3O2S2. The number of aromatic amines is 1. The average molecular weight is 398 g/mol. The van der Waals surface area contributed by atoms with Crippen LogP contribution in [0.25, 0.3) is 5.69 Å². The number of nitrogens with zero attached hydrogens (tertiary/aromatic N) is 1. The second-order valence-corrected chi connectivity index (χ2v) is 8.99. The number of anilines is 1. The predicted molar refractivity (Wildman–Crippen MR) is 113 cm³/mol. The number of hydrogen-bond acceptors (Lipinski definition) is 4. The summed E-state index contributed by atoms with van der Waals surface area (Å²) in [6.45, 7) is 1.85. The number of aryl methyl sites for hydroxylation is 1. The van der Waals surface area contributed by atoms with Gasteiger partial charge in [-0.05, 0) is 48.9 Å². The molecule has 1 aromatic heterocycles. The molecule has 27 heavy (non-hydrogen) atoms. The van der Waals surface area contributed by atoms with Gasteiger partial charge in [-0.3, -0.25) is 9.36 Å².